The lowest BCUT2D eigenvalue weighted by Crippen LogP contribution is -2.28. The number of Topliss-reactive ketones (excluding diaryl/α,β-unsaturated/α-hetero) is 1. The summed E-state index contributed by atoms with van der Waals surface area (Å²) in [7, 11) is 1.51. The molecule has 1 N–H and O–H groups in total. The van der Waals surface area contributed by atoms with Gasteiger partial charge in [-0.25, -0.2) is 0 Å². The number of fused-ring (bicyclic) bond motifs is 1. The molecule has 0 unspecified atom stereocenters. The number of ketones is 1. The van der Waals surface area contributed by atoms with Gasteiger partial charge in [-0.2, -0.15) is 0 Å². The summed E-state index contributed by atoms with van der Waals surface area (Å²) in [6, 6.07) is 1.40. The van der Waals surface area contributed by atoms with Crippen molar-refractivity contribution in [1.82, 2.24) is 0 Å². The number of phenols is 1. The zero-order valence-electron chi connectivity index (χ0n) is 12.0. The molecule has 0 aliphatic carbocycles. The molecule has 1 aromatic carbocycles. The van der Waals surface area contributed by atoms with E-state index in [9.17, 15) is 9.90 Å². The highest BCUT2D eigenvalue weighted by molar-refractivity contribution is 6.01. The quantitative estimate of drug-likeness (QED) is 0.677. The third-order valence-electron chi connectivity index (χ3n) is 2.96. The van der Waals surface area contributed by atoms with Gasteiger partial charge in [-0.15, -0.1) is 0 Å². The first kappa shape index (κ1) is 14.4. The van der Waals surface area contributed by atoms with Crippen LogP contribution in [0.5, 0.6) is 17.2 Å². The second-order valence-corrected chi connectivity index (χ2v) is 5.16. The minimum Gasteiger partial charge on any atom is -0.507 e. The number of hydrogen-bond donors (Lipinski definition) is 1. The summed E-state index contributed by atoms with van der Waals surface area (Å²) in [6.45, 7) is 5.18. The molecule has 1 aliphatic rings. The van der Waals surface area contributed by atoms with Crippen LogP contribution in [-0.4, -0.2) is 30.4 Å². The SMILES string of the molecule is COCOc1cc(O)c(C(C)=O)c2c1C=CC(C)(C)O2. The van der Waals surface area contributed by atoms with Gasteiger partial charge in [0.2, 0.25) is 0 Å². The molecule has 5 heteroatoms. The highest BCUT2D eigenvalue weighted by Crippen LogP contribution is 2.44. The van der Waals surface area contributed by atoms with Crippen LogP contribution < -0.4 is 9.47 Å². The van der Waals surface area contributed by atoms with E-state index in [1.807, 2.05) is 26.0 Å². The highest BCUT2D eigenvalue weighted by Gasteiger charge is 2.29. The number of methoxy groups -OCH3 is 1. The molecule has 1 heterocycles. The number of benzene rings is 1. The van der Waals surface area contributed by atoms with E-state index in [1.54, 1.807) is 0 Å². The van der Waals surface area contributed by atoms with Crippen LogP contribution in [0, 0.1) is 0 Å². The third-order valence-corrected chi connectivity index (χ3v) is 2.96. The van der Waals surface area contributed by atoms with E-state index in [1.165, 1.54) is 20.1 Å². The van der Waals surface area contributed by atoms with Gasteiger partial charge in [0, 0.05) is 13.2 Å². The van der Waals surface area contributed by atoms with Gasteiger partial charge in [0.15, 0.2) is 12.6 Å². The molecular formula is C15H18O5. The van der Waals surface area contributed by atoms with Crippen molar-refractivity contribution in [3.8, 4) is 17.2 Å². The van der Waals surface area contributed by atoms with Gasteiger partial charge in [-0.3, -0.25) is 4.79 Å². The van der Waals surface area contributed by atoms with Crippen molar-refractivity contribution in [1.29, 1.82) is 0 Å². The zero-order chi connectivity index (χ0) is 14.9. The fraction of sp³-hybridized carbons (Fsp3) is 0.400. The van der Waals surface area contributed by atoms with E-state index < -0.39 is 5.60 Å². The maximum absolute atomic E-state index is 11.7. The topological polar surface area (TPSA) is 65.0 Å². The first-order valence-electron chi connectivity index (χ1n) is 6.26. The Balaban J connectivity index is 2.61. The molecule has 0 fully saturated rings. The molecule has 0 radical (unpaired) electrons. The summed E-state index contributed by atoms with van der Waals surface area (Å²) in [5, 5.41) is 10.0. The normalized spacial score (nSPS) is 15.4. The molecular weight excluding hydrogens is 260 g/mol. The summed E-state index contributed by atoms with van der Waals surface area (Å²) >= 11 is 0. The number of carbonyl (C=O) groups is 1. The number of hydrogen-bond acceptors (Lipinski definition) is 5. The molecule has 0 amide bonds. The van der Waals surface area contributed by atoms with Gasteiger partial charge in [-0.05, 0) is 32.9 Å². The Morgan fingerprint density at radius 3 is 2.75 bits per heavy atom. The van der Waals surface area contributed by atoms with E-state index in [-0.39, 0.29) is 23.9 Å². The zero-order valence-corrected chi connectivity index (χ0v) is 12.0. The van der Waals surface area contributed by atoms with Gasteiger partial charge in [0.1, 0.15) is 28.4 Å². The molecule has 0 saturated heterocycles. The van der Waals surface area contributed by atoms with Crippen LogP contribution in [0.3, 0.4) is 0 Å². The predicted molar refractivity (Wildman–Crippen MR) is 74.4 cm³/mol. The van der Waals surface area contributed by atoms with Crippen molar-refractivity contribution in [2.24, 2.45) is 0 Å². The van der Waals surface area contributed by atoms with Crippen molar-refractivity contribution in [2.75, 3.05) is 13.9 Å². The highest BCUT2D eigenvalue weighted by atomic mass is 16.7. The second kappa shape index (κ2) is 5.17. The Kier molecular flexibility index (Phi) is 3.72. The summed E-state index contributed by atoms with van der Waals surface area (Å²) in [5.41, 5.74) is 0.246. The Morgan fingerprint density at radius 1 is 1.45 bits per heavy atom. The maximum atomic E-state index is 11.7. The number of phenolic OH excluding ortho intramolecular Hbond substituents is 1. The van der Waals surface area contributed by atoms with E-state index in [0.29, 0.717) is 17.1 Å². The molecule has 1 aliphatic heterocycles. The predicted octanol–water partition coefficient (Wildman–Crippen LogP) is 2.76. The molecule has 0 saturated carbocycles. The molecule has 0 aromatic heterocycles. The monoisotopic (exact) mass is 278 g/mol. The van der Waals surface area contributed by atoms with Crippen LogP contribution in [0.2, 0.25) is 0 Å². The van der Waals surface area contributed by atoms with Crippen LogP contribution in [0.1, 0.15) is 36.7 Å². The average molecular weight is 278 g/mol. The van der Waals surface area contributed by atoms with Gasteiger partial charge < -0.3 is 19.3 Å². The molecule has 108 valence electrons. The largest absolute Gasteiger partial charge is 0.507 e. The molecule has 20 heavy (non-hydrogen) atoms. The van der Waals surface area contributed by atoms with E-state index in [0.717, 1.165) is 0 Å². The first-order chi connectivity index (χ1) is 9.35. The van der Waals surface area contributed by atoms with Crippen LogP contribution >= 0.6 is 0 Å². The first-order valence-corrected chi connectivity index (χ1v) is 6.26. The standard InChI is InChI=1S/C15H18O5/c1-9(16)13-11(17)7-12(19-8-18-4)10-5-6-15(2,3)20-14(10)13/h5-7,17H,8H2,1-4H3. The second-order valence-electron chi connectivity index (χ2n) is 5.16. The van der Waals surface area contributed by atoms with Gasteiger partial charge in [0.05, 0.1) is 5.56 Å². The smallest absolute Gasteiger partial charge is 0.188 e. The Morgan fingerprint density at radius 2 is 2.15 bits per heavy atom. The van der Waals surface area contributed by atoms with Crippen molar-refractivity contribution >= 4 is 11.9 Å². The van der Waals surface area contributed by atoms with Crippen molar-refractivity contribution < 1.29 is 24.1 Å². The number of aromatic hydroxyl groups is 1. The lowest BCUT2D eigenvalue weighted by atomic mass is 9.97. The van der Waals surface area contributed by atoms with Crippen LogP contribution in [0.15, 0.2) is 12.1 Å². The van der Waals surface area contributed by atoms with Gasteiger partial charge in [-0.1, -0.05) is 0 Å². The number of ether oxygens (including phenoxy) is 3. The van der Waals surface area contributed by atoms with Gasteiger partial charge >= 0.3 is 0 Å². The molecule has 2 rings (SSSR count). The van der Waals surface area contributed by atoms with E-state index in [4.69, 9.17) is 14.2 Å². The Bertz CT molecular complexity index is 572. The summed E-state index contributed by atoms with van der Waals surface area (Å²) in [4.78, 5) is 11.7. The lowest BCUT2D eigenvalue weighted by Gasteiger charge is -2.30. The maximum Gasteiger partial charge on any atom is 0.188 e. The minimum atomic E-state index is -0.552. The number of carbonyl (C=O) groups excluding carboxylic acids is 1. The Labute approximate surface area is 117 Å². The van der Waals surface area contributed by atoms with Crippen LogP contribution in [0.4, 0.5) is 0 Å². The summed E-state index contributed by atoms with van der Waals surface area (Å²) < 4.78 is 16.1. The lowest BCUT2D eigenvalue weighted by molar-refractivity contribution is 0.0502. The van der Waals surface area contributed by atoms with Crippen molar-refractivity contribution in [3.05, 3.63) is 23.3 Å². The minimum absolute atomic E-state index is 0.0442. The van der Waals surface area contributed by atoms with E-state index in [2.05, 4.69) is 0 Å². The molecule has 0 spiro atoms. The fourth-order valence-corrected chi connectivity index (χ4v) is 2.06. The van der Waals surface area contributed by atoms with Crippen molar-refractivity contribution in [3.63, 3.8) is 0 Å². The average Bonchev–Trinajstić information content (AvgIpc) is 2.33. The summed E-state index contributed by atoms with van der Waals surface area (Å²) in [6.07, 6.45) is 3.70. The molecule has 0 atom stereocenters. The third kappa shape index (κ3) is 2.63. The van der Waals surface area contributed by atoms with Crippen LogP contribution in [-0.2, 0) is 4.74 Å². The fourth-order valence-electron chi connectivity index (χ4n) is 2.06. The van der Waals surface area contributed by atoms with Crippen LogP contribution in [0.25, 0.3) is 6.08 Å². The molecule has 5 nitrogen and oxygen atoms in total. The summed E-state index contributed by atoms with van der Waals surface area (Å²) in [5.74, 6) is 0.337. The van der Waals surface area contributed by atoms with Crippen molar-refractivity contribution in [2.45, 2.75) is 26.4 Å². The molecule has 1 aromatic rings. The van der Waals surface area contributed by atoms with E-state index >= 15 is 0 Å². The van der Waals surface area contributed by atoms with Gasteiger partial charge in [0.25, 0.3) is 0 Å². The Hall–Kier alpha value is -2.01. The number of rotatable bonds is 4. The molecule has 0 bridgehead atoms.